The lowest BCUT2D eigenvalue weighted by atomic mass is 10.1. The number of carbonyl (C=O) groups is 1. The molecule has 28 heavy (non-hydrogen) atoms. The lowest BCUT2D eigenvalue weighted by Crippen LogP contribution is -2.42. The summed E-state index contributed by atoms with van der Waals surface area (Å²) in [7, 11) is -3.47. The summed E-state index contributed by atoms with van der Waals surface area (Å²) in [5.74, 6) is -0.565. The van der Waals surface area contributed by atoms with Gasteiger partial charge in [0.05, 0.1) is 5.75 Å². The summed E-state index contributed by atoms with van der Waals surface area (Å²) in [6.07, 6.45) is 2.37. The van der Waals surface area contributed by atoms with E-state index < -0.39 is 27.7 Å². The van der Waals surface area contributed by atoms with Crippen molar-refractivity contribution in [2.75, 3.05) is 12.3 Å². The van der Waals surface area contributed by atoms with Crippen LogP contribution < -0.4 is 5.63 Å². The molecule has 0 spiro atoms. The molecule has 0 radical (unpaired) electrons. The van der Waals surface area contributed by atoms with Crippen LogP contribution in [-0.2, 0) is 32.6 Å². The van der Waals surface area contributed by atoms with E-state index in [1.54, 1.807) is 13.0 Å². The van der Waals surface area contributed by atoms with Gasteiger partial charge in [0.1, 0.15) is 18.2 Å². The summed E-state index contributed by atoms with van der Waals surface area (Å²) < 4.78 is 36.7. The predicted octanol–water partition coefficient (Wildman–Crippen LogP) is 2.60. The number of sulfonamides is 1. The number of esters is 1. The van der Waals surface area contributed by atoms with Crippen molar-refractivity contribution in [1.29, 1.82) is 0 Å². The van der Waals surface area contributed by atoms with Crippen molar-refractivity contribution in [2.45, 2.75) is 52.2 Å². The Bertz CT molecular complexity index is 1030. The van der Waals surface area contributed by atoms with Gasteiger partial charge in [0, 0.05) is 23.6 Å². The molecule has 3 rings (SSSR count). The van der Waals surface area contributed by atoms with Gasteiger partial charge in [-0.25, -0.2) is 13.2 Å². The van der Waals surface area contributed by atoms with Crippen molar-refractivity contribution in [3.8, 4) is 0 Å². The van der Waals surface area contributed by atoms with Gasteiger partial charge in [0.25, 0.3) is 0 Å². The first-order chi connectivity index (χ1) is 13.4. The average molecular weight is 407 g/mol. The van der Waals surface area contributed by atoms with E-state index >= 15 is 0 Å². The zero-order valence-electron chi connectivity index (χ0n) is 16.1. The molecule has 0 N–H and O–H groups in total. The van der Waals surface area contributed by atoms with E-state index in [4.69, 9.17) is 9.15 Å². The molecule has 1 aromatic heterocycles. The first-order valence-electron chi connectivity index (χ1n) is 9.57. The fourth-order valence-electron chi connectivity index (χ4n) is 3.54. The van der Waals surface area contributed by atoms with E-state index in [-0.39, 0.29) is 12.4 Å². The summed E-state index contributed by atoms with van der Waals surface area (Å²) in [6, 6.07) is 6.09. The fourth-order valence-corrected chi connectivity index (χ4v) is 5.28. The maximum Gasteiger partial charge on any atom is 0.336 e. The number of rotatable bonds is 7. The Balaban J connectivity index is 1.78. The van der Waals surface area contributed by atoms with E-state index in [1.807, 2.05) is 19.1 Å². The van der Waals surface area contributed by atoms with Crippen molar-refractivity contribution in [3.63, 3.8) is 0 Å². The maximum atomic E-state index is 12.6. The number of aryl methyl sites for hydroxylation is 1. The van der Waals surface area contributed by atoms with Crippen molar-refractivity contribution in [1.82, 2.24) is 4.31 Å². The number of fused-ring (bicyclic) bond motifs is 1. The smallest absolute Gasteiger partial charge is 0.336 e. The number of ether oxygens (including phenoxy) is 1. The van der Waals surface area contributed by atoms with Crippen LogP contribution in [0.5, 0.6) is 0 Å². The van der Waals surface area contributed by atoms with Gasteiger partial charge in [-0.3, -0.25) is 4.79 Å². The maximum absolute atomic E-state index is 12.6. The predicted molar refractivity (Wildman–Crippen MR) is 105 cm³/mol. The molecule has 1 atom stereocenters. The first kappa shape index (κ1) is 20.5. The molecule has 0 saturated carbocycles. The Morgan fingerprint density at radius 2 is 2.07 bits per heavy atom. The second-order valence-electron chi connectivity index (χ2n) is 6.97. The second-order valence-corrected chi connectivity index (χ2v) is 9.01. The topological polar surface area (TPSA) is 93.9 Å². The van der Waals surface area contributed by atoms with Crippen LogP contribution in [0.2, 0.25) is 0 Å². The van der Waals surface area contributed by atoms with Crippen molar-refractivity contribution < 1.29 is 22.4 Å². The highest BCUT2D eigenvalue weighted by Gasteiger charge is 2.39. The Kier molecular flexibility index (Phi) is 6.20. The van der Waals surface area contributed by atoms with E-state index in [0.29, 0.717) is 42.3 Å². The minimum Gasteiger partial charge on any atom is -0.460 e. The zero-order chi connectivity index (χ0) is 20.3. The van der Waals surface area contributed by atoms with Gasteiger partial charge in [-0.2, -0.15) is 4.31 Å². The summed E-state index contributed by atoms with van der Waals surface area (Å²) in [5.41, 5.74) is 1.52. The Labute approximate surface area is 164 Å². The number of carbonyl (C=O) groups excluding carboxylic acids is 1. The summed E-state index contributed by atoms with van der Waals surface area (Å²) in [4.78, 5) is 24.4. The van der Waals surface area contributed by atoms with Gasteiger partial charge < -0.3 is 9.15 Å². The SMILES string of the molecule is CCCS(=O)(=O)N1CCCC1C(=O)OCc1cc(=O)oc2cc(CC)ccc12. The molecule has 1 unspecified atom stereocenters. The van der Waals surface area contributed by atoms with Gasteiger partial charge in [-0.15, -0.1) is 0 Å². The second kappa shape index (κ2) is 8.45. The van der Waals surface area contributed by atoms with Gasteiger partial charge in [0.15, 0.2) is 0 Å². The van der Waals surface area contributed by atoms with Crippen molar-refractivity contribution >= 4 is 27.0 Å². The van der Waals surface area contributed by atoms with Gasteiger partial charge in [0.2, 0.25) is 10.0 Å². The molecule has 1 aromatic carbocycles. The van der Waals surface area contributed by atoms with E-state index in [2.05, 4.69) is 0 Å². The third-order valence-electron chi connectivity index (χ3n) is 4.97. The standard InChI is InChI=1S/C20H25NO6S/c1-3-10-28(24,25)21-9-5-6-17(21)20(23)26-13-15-12-19(22)27-18-11-14(4-2)7-8-16(15)18/h7-8,11-12,17H,3-6,9-10,13H2,1-2H3. The van der Waals surface area contributed by atoms with Crippen LogP contribution in [0.25, 0.3) is 11.0 Å². The quantitative estimate of drug-likeness (QED) is 0.517. The van der Waals surface area contributed by atoms with Crippen LogP contribution in [0.3, 0.4) is 0 Å². The minimum atomic E-state index is -3.47. The molecule has 1 aliphatic rings. The van der Waals surface area contributed by atoms with Crippen LogP contribution in [-0.4, -0.2) is 37.0 Å². The summed E-state index contributed by atoms with van der Waals surface area (Å²) in [5, 5.41) is 0.700. The molecule has 1 saturated heterocycles. The normalized spacial score (nSPS) is 17.9. The number of hydrogen-bond donors (Lipinski definition) is 0. The van der Waals surface area contributed by atoms with E-state index in [1.165, 1.54) is 10.4 Å². The van der Waals surface area contributed by atoms with Crippen molar-refractivity contribution in [3.05, 3.63) is 45.8 Å². The minimum absolute atomic E-state index is 0.0148. The lowest BCUT2D eigenvalue weighted by Gasteiger charge is -2.22. The Hall–Kier alpha value is -2.19. The molecule has 0 aliphatic carbocycles. The number of benzene rings is 1. The molecular weight excluding hydrogens is 382 g/mol. The molecule has 8 heteroatoms. The highest BCUT2D eigenvalue weighted by Crippen LogP contribution is 2.24. The molecule has 0 bridgehead atoms. The zero-order valence-corrected chi connectivity index (χ0v) is 17.0. The summed E-state index contributed by atoms with van der Waals surface area (Å²) in [6.45, 7) is 4.02. The number of nitrogens with zero attached hydrogens (tertiary/aromatic N) is 1. The van der Waals surface area contributed by atoms with E-state index in [9.17, 15) is 18.0 Å². The lowest BCUT2D eigenvalue weighted by molar-refractivity contribution is -0.148. The Morgan fingerprint density at radius 1 is 1.29 bits per heavy atom. The van der Waals surface area contributed by atoms with Crippen LogP contribution in [0.1, 0.15) is 44.2 Å². The Morgan fingerprint density at radius 3 is 2.79 bits per heavy atom. The van der Waals surface area contributed by atoms with Crippen LogP contribution in [0.15, 0.2) is 33.5 Å². The van der Waals surface area contributed by atoms with Crippen LogP contribution in [0, 0.1) is 0 Å². The van der Waals surface area contributed by atoms with Crippen LogP contribution in [0.4, 0.5) is 0 Å². The molecule has 1 aliphatic heterocycles. The summed E-state index contributed by atoms with van der Waals surface area (Å²) >= 11 is 0. The molecule has 2 heterocycles. The number of hydrogen-bond acceptors (Lipinski definition) is 6. The van der Waals surface area contributed by atoms with Crippen molar-refractivity contribution in [2.24, 2.45) is 0 Å². The third kappa shape index (κ3) is 4.28. The molecular formula is C20H25NO6S. The van der Waals surface area contributed by atoms with Gasteiger partial charge in [-0.1, -0.05) is 26.0 Å². The molecule has 2 aromatic rings. The first-order valence-corrected chi connectivity index (χ1v) is 11.2. The van der Waals surface area contributed by atoms with Crippen LogP contribution >= 0.6 is 0 Å². The highest BCUT2D eigenvalue weighted by molar-refractivity contribution is 7.89. The molecule has 0 amide bonds. The van der Waals surface area contributed by atoms with Gasteiger partial charge >= 0.3 is 11.6 Å². The molecule has 7 nitrogen and oxygen atoms in total. The monoisotopic (exact) mass is 407 g/mol. The average Bonchev–Trinajstić information content (AvgIpc) is 3.16. The molecule has 1 fully saturated rings. The van der Waals surface area contributed by atoms with E-state index in [0.717, 1.165) is 12.0 Å². The largest absolute Gasteiger partial charge is 0.460 e. The highest BCUT2D eigenvalue weighted by atomic mass is 32.2. The third-order valence-corrected chi connectivity index (χ3v) is 7.04. The van der Waals surface area contributed by atoms with Gasteiger partial charge in [-0.05, 0) is 37.3 Å². The molecule has 152 valence electrons. The fraction of sp³-hybridized carbons (Fsp3) is 0.500.